The van der Waals surface area contributed by atoms with Crippen LogP contribution in [-0.4, -0.2) is 33.5 Å². The van der Waals surface area contributed by atoms with Gasteiger partial charge in [0.25, 0.3) is 0 Å². The van der Waals surface area contributed by atoms with Gasteiger partial charge in [0.2, 0.25) is 0 Å². The fraction of sp³-hybridized carbons (Fsp3) is 0.412. The number of thiazole rings is 1. The van der Waals surface area contributed by atoms with E-state index in [9.17, 15) is 4.79 Å². The van der Waals surface area contributed by atoms with Gasteiger partial charge in [0.1, 0.15) is 0 Å². The van der Waals surface area contributed by atoms with Crippen LogP contribution in [0, 0.1) is 6.92 Å². The summed E-state index contributed by atoms with van der Waals surface area (Å²) in [7, 11) is 0. The van der Waals surface area contributed by atoms with Crippen LogP contribution in [0.2, 0.25) is 0 Å². The maximum Gasteiger partial charge on any atom is 0.304 e. The molecule has 1 aromatic carbocycles. The third-order valence-electron chi connectivity index (χ3n) is 4.26. The molecule has 0 amide bonds. The molecule has 1 aliphatic heterocycles. The summed E-state index contributed by atoms with van der Waals surface area (Å²) >= 11 is 1.66. The van der Waals surface area contributed by atoms with Gasteiger partial charge in [-0.3, -0.25) is 9.69 Å². The van der Waals surface area contributed by atoms with E-state index in [0.29, 0.717) is 0 Å². The Balaban J connectivity index is 1.68. The number of aliphatic carboxylic acids is 1. The highest BCUT2D eigenvalue weighted by molar-refractivity contribution is 7.13. The van der Waals surface area contributed by atoms with Crippen LogP contribution in [0.1, 0.15) is 30.5 Å². The minimum absolute atomic E-state index is 0.181. The number of likely N-dealkylation sites (tertiary alicyclic amines) is 1. The Hall–Kier alpha value is -1.72. The first kappa shape index (κ1) is 15.2. The Morgan fingerprint density at radius 3 is 2.82 bits per heavy atom. The average molecular weight is 316 g/mol. The molecule has 1 N–H and O–H groups in total. The molecule has 0 spiro atoms. The number of carbonyl (C=O) groups is 1. The number of carboxylic acids is 1. The minimum Gasteiger partial charge on any atom is -0.481 e. The van der Waals surface area contributed by atoms with Crippen LogP contribution in [-0.2, 0) is 11.3 Å². The summed E-state index contributed by atoms with van der Waals surface area (Å²) in [5.41, 5.74) is 5.38. The first-order chi connectivity index (χ1) is 10.6. The van der Waals surface area contributed by atoms with E-state index in [-0.39, 0.29) is 12.5 Å². The lowest BCUT2D eigenvalue weighted by molar-refractivity contribution is -0.138. The lowest BCUT2D eigenvalue weighted by Gasteiger charge is -2.23. The van der Waals surface area contributed by atoms with E-state index in [1.165, 1.54) is 16.0 Å². The van der Waals surface area contributed by atoms with Crippen LogP contribution in [0.3, 0.4) is 0 Å². The molecule has 5 heteroatoms. The number of nitrogens with zero attached hydrogens (tertiary/aromatic N) is 2. The summed E-state index contributed by atoms with van der Waals surface area (Å²) in [6, 6.07) is 8.74. The van der Waals surface area contributed by atoms with Crippen molar-refractivity contribution in [2.45, 2.75) is 38.8 Å². The van der Waals surface area contributed by atoms with Crippen LogP contribution in [0.5, 0.6) is 0 Å². The van der Waals surface area contributed by atoms with E-state index in [2.05, 4.69) is 34.1 Å². The van der Waals surface area contributed by atoms with Gasteiger partial charge in [-0.05, 0) is 37.4 Å². The van der Waals surface area contributed by atoms with Crippen molar-refractivity contribution >= 4 is 17.3 Å². The molecule has 4 nitrogen and oxygen atoms in total. The monoisotopic (exact) mass is 316 g/mol. The molecule has 22 heavy (non-hydrogen) atoms. The van der Waals surface area contributed by atoms with Gasteiger partial charge in [-0.1, -0.05) is 24.3 Å². The van der Waals surface area contributed by atoms with E-state index in [0.717, 1.165) is 31.6 Å². The molecule has 0 saturated carbocycles. The molecule has 1 aliphatic rings. The zero-order valence-corrected chi connectivity index (χ0v) is 13.5. The number of benzene rings is 1. The second-order valence-corrected chi connectivity index (χ2v) is 6.68. The standard InChI is InChI=1S/C17H20N2O2S/c1-12-17(22-11-18-12)14-6-4-13(5-7-14)10-19-8-2-3-15(19)9-16(20)21/h4-7,11,15H,2-3,8-10H2,1H3,(H,20,21). The van der Waals surface area contributed by atoms with Gasteiger partial charge in [0, 0.05) is 12.6 Å². The van der Waals surface area contributed by atoms with Crippen molar-refractivity contribution < 1.29 is 9.90 Å². The van der Waals surface area contributed by atoms with Crippen LogP contribution < -0.4 is 0 Å². The second kappa shape index (κ2) is 6.58. The zero-order valence-electron chi connectivity index (χ0n) is 12.7. The van der Waals surface area contributed by atoms with Gasteiger partial charge in [-0.15, -0.1) is 11.3 Å². The van der Waals surface area contributed by atoms with Crippen LogP contribution in [0.4, 0.5) is 0 Å². The van der Waals surface area contributed by atoms with Gasteiger partial charge in [0.05, 0.1) is 22.5 Å². The second-order valence-electron chi connectivity index (χ2n) is 5.83. The molecular weight excluding hydrogens is 296 g/mol. The minimum atomic E-state index is -0.701. The third kappa shape index (κ3) is 3.36. The van der Waals surface area contributed by atoms with Crippen LogP contribution >= 0.6 is 11.3 Å². The predicted molar refractivity (Wildman–Crippen MR) is 88.0 cm³/mol. The Bertz CT molecular complexity index is 651. The molecule has 2 heterocycles. The van der Waals surface area contributed by atoms with E-state index in [1.807, 2.05) is 12.4 Å². The number of aromatic nitrogens is 1. The maximum atomic E-state index is 10.9. The number of rotatable bonds is 5. The normalized spacial score (nSPS) is 18.7. The Morgan fingerprint density at radius 2 is 2.18 bits per heavy atom. The fourth-order valence-corrected chi connectivity index (χ4v) is 3.92. The van der Waals surface area contributed by atoms with E-state index >= 15 is 0 Å². The quantitative estimate of drug-likeness (QED) is 0.916. The Labute approximate surface area is 134 Å². The summed E-state index contributed by atoms with van der Waals surface area (Å²) in [6.07, 6.45) is 2.33. The van der Waals surface area contributed by atoms with Crippen molar-refractivity contribution in [2.75, 3.05) is 6.54 Å². The molecule has 2 aromatic rings. The summed E-state index contributed by atoms with van der Waals surface area (Å²) < 4.78 is 0. The van der Waals surface area contributed by atoms with Gasteiger partial charge >= 0.3 is 5.97 Å². The molecule has 0 radical (unpaired) electrons. The summed E-state index contributed by atoms with van der Waals surface area (Å²) in [5.74, 6) is -0.701. The van der Waals surface area contributed by atoms with Crippen molar-refractivity contribution in [3.05, 3.63) is 41.0 Å². The molecule has 116 valence electrons. The lowest BCUT2D eigenvalue weighted by atomic mass is 10.1. The lowest BCUT2D eigenvalue weighted by Crippen LogP contribution is -2.30. The molecule has 1 atom stereocenters. The SMILES string of the molecule is Cc1ncsc1-c1ccc(CN2CCCC2CC(=O)O)cc1. The van der Waals surface area contributed by atoms with Crippen molar-refractivity contribution in [3.8, 4) is 10.4 Å². The first-order valence-corrected chi connectivity index (χ1v) is 8.46. The number of aryl methyl sites for hydroxylation is 1. The van der Waals surface area contributed by atoms with Gasteiger partial charge in [-0.2, -0.15) is 0 Å². The smallest absolute Gasteiger partial charge is 0.304 e. The highest BCUT2D eigenvalue weighted by Crippen LogP contribution is 2.28. The molecule has 1 aromatic heterocycles. The Kier molecular flexibility index (Phi) is 4.55. The summed E-state index contributed by atoms with van der Waals surface area (Å²) in [4.78, 5) is 18.7. The first-order valence-electron chi connectivity index (χ1n) is 7.58. The maximum absolute atomic E-state index is 10.9. The average Bonchev–Trinajstić information content (AvgIpc) is 3.09. The van der Waals surface area contributed by atoms with Gasteiger partial charge in [0.15, 0.2) is 0 Å². The largest absolute Gasteiger partial charge is 0.481 e. The van der Waals surface area contributed by atoms with Crippen LogP contribution in [0.25, 0.3) is 10.4 Å². The highest BCUT2D eigenvalue weighted by atomic mass is 32.1. The topological polar surface area (TPSA) is 53.4 Å². The molecule has 0 aliphatic carbocycles. The van der Waals surface area contributed by atoms with Crippen molar-refractivity contribution in [1.82, 2.24) is 9.88 Å². The Morgan fingerprint density at radius 1 is 1.41 bits per heavy atom. The highest BCUT2D eigenvalue weighted by Gasteiger charge is 2.26. The van der Waals surface area contributed by atoms with Crippen molar-refractivity contribution in [3.63, 3.8) is 0 Å². The molecule has 0 bridgehead atoms. The predicted octanol–water partition coefficient (Wildman–Crippen LogP) is 3.56. The summed E-state index contributed by atoms with van der Waals surface area (Å²) in [6.45, 7) is 3.86. The van der Waals surface area contributed by atoms with Gasteiger partial charge < -0.3 is 5.11 Å². The molecule has 3 rings (SSSR count). The molecular formula is C17H20N2O2S. The van der Waals surface area contributed by atoms with Crippen LogP contribution in [0.15, 0.2) is 29.8 Å². The van der Waals surface area contributed by atoms with Crippen molar-refractivity contribution in [2.24, 2.45) is 0 Å². The molecule has 1 unspecified atom stereocenters. The van der Waals surface area contributed by atoms with Gasteiger partial charge in [-0.25, -0.2) is 4.98 Å². The van der Waals surface area contributed by atoms with E-state index in [4.69, 9.17) is 5.11 Å². The number of hydrogen-bond donors (Lipinski definition) is 1. The summed E-state index contributed by atoms with van der Waals surface area (Å²) in [5, 5.41) is 8.99. The number of carboxylic acid groups (broad SMARTS) is 1. The van der Waals surface area contributed by atoms with E-state index in [1.54, 1.807) is 11.3 Å². The number of hydrogen-bond acceptors (Lipinski definition) is 4. The zero-order chi connectivity index (χ0) is 15.5. The molecule has 1 saturated heterocycles. The fourth-order valence-electron chi connectivity index (χ4n) is 3.11. The molecule has 1 fully saturated rings. The van der Waals surface area contributed by atoms with Crippen molar-refractivity contribution in [1.29, 1.82) is 0 Å². The third-order valence-corrected chi connectivity index (χ3v) is 5.23. The van der Waals surface area contributed by atoms with E-state index < -0.39 is 5.97 Å².